The number of nitrogens with zero attached hydrogens (tertiary/aromatic N) is 1. The normalized spacial score (nSPS) is 11.3. The van der Waals surface area contributed by atoms with E-state index in [1.165, 1.54) is 0 Å². The molecule has 3 heteroatoms. The van der Waals surface area contributed by atoms with Crippen LogP contribution in [0.4, 0.5) is 5.69 Å². The van der Waals surface area contributed by atoms with Crippen molar-refractivity contribution in [1.29, 1.82) is 0 Å². The zero-order chi connectivity index (χ0) is 9.73. The van der Waals surface area contributed by atoms with Crippen molar-refractivity contribution in [3.05, 3.63) is 24.5 Å². The topological polar surface area (TPSA) is 34.1 Å². The first-order valence-corrected chi connectivity index (χ1v) is 4.33. The molecule has 1 rings (SSSR count). The Balaban J connectivity index is 2.44. The summed E-state index contributed by atoms with van der Waals surface area (Å²) in [6, 6.07) is 3.87. The minimum Gasteiger partial charge on any atom is -0.382 e. The number of methoxy groups -OCH3 is 1. The number of aromatic nitrogens is 1. The highest BCUT2D eigenvalue weighted by Gasteiger charge is 2.15. The molecule has 0 atom stereocenters. The number of hydrogen-bond acceptors (Lipinski definition) is 3. The molecule has 0 saturated carbocycles. The third-order valence-corrected chi connectivity index (χ3v) is 1.95. The summed E-state index contributed by atoms with van der Waals surface area (Å²) in [5.41, 5.74) is 0.934. The van der Waals surface area contributed by atoms with E-state index < -0.39 is 0 Å². The molecule has 13 heavy (non-hydrogen) atoms. The molecule has 1 heterocycles. The molecule has 0 fully saturated rings. The maximum atomic E-state index is 5.28. The van der Waals surface area contributed by atoms with E-state index in [4.69, 9.17) is 4.74 Å². The van der Waals surface area contributed by atoms with E-state index in [0.717, 1.165) is 12.2 Å². The lowest BCUT2D eigenvalue weighted by molar-refractivity contribution is 0.0344. The fourth-order valence-electron chi connectivity index (χ4n) is 0.857. The fraction of sp³-hybridized carbons (Fsp3) is 0.500. The number of nitrogens with one attached hydrogen (secondary N) is 1. The number of anilines is 1. The Kier molecular flexibility index (Phi) is 3.25. The Morgan fingerprint density at radius 1 is 1.38 bits per heavy atom. The molecular weight excluding hydrogens is 164 g/mol. The molecule has 1 aromatic heterocycles. The number of rotatable bonds is 4. The van der Waals surface area contributed by atoms with Crippen LogP contribution in [0, 0.1) is 0 Å². The van der Waals surface area contributed by atoms with Crippen LogP contribution in [-0.2, 0) is 4.74 Å². The quantitative estimate of drug-likeness (QED) is 0.768. The fourth-order valence-corrected chi connectivity index (χ4v) is 0.857. The van der Waals surface area contributed by atoms with Crippen molar-refractivity contribution in [1.82, 2.24) is 4.98 Å². The average Bonchev–Trinajstić information content (AvgIpc) is 2.17. The highest BCUT2D eigenvalue weighted by Crippen LogP contribution is 2.10. The van der Waals surface area contributed by atoms with Gasteiger partial charge in [-0.1, -0.05) is 0 Å². The van der Waals surface area contributed by atoms with Crippen molar-refractivity contribution in [2.45, 2.75) is 19.4 Å². The van der Waals surface area contributed by atoms with E-state index in [1.54, 1.807) is 19.5 Å². The molecule has 72 valence electrons. The Morgan fingerprint density at radius 3 is 2.54 bits per heavy atom. The summed E-state index contributed by atoms with van der Waals surface area (Å²) in [4.78, 5) is 3.94. The van der Waals surface area contributed by atoms with Crippen molar-refractivity contribution in [2.24, 2.45) is 0 Å². The summed E-state index contributed by atoms with van der Waals surface area (Å²) in [6.07, 6.45) is 3.53. The molecular formula is C10H16N2O. The molecule has 0 aliphatic carbocycles. The van der Waals surface area contributed by atoms with Crippen LogP contribution < -0.4 is 5.32 Å². The summed E-state index contributed by atoms with van der Waals surface area (Å²) in [7, 11) is 1.72. The molecule has 0 unspecified atom stereocenters. The summed E-state index contributed by atoms with van der Waals surface area (Å²) in [6.45, 7) is 4.87. The molecule has 0 radical (unpaired) electrons. The smallest absolute Gasteiger partial charge is 0.0794 e. The second-order valence-corrected chi connectivity index (χ2v) is 3.55. The predicted octanol–water partition coefficient (Wildman–Crippen LogP) is 1.92. The highest BCUT2D eigenvalue weighted by molar-refractivity contribution is 5.40. The van der Waals surface area contributed by atoms with Gasteiger partial charge >= 0.3 is 0 Å². The molecule has 1 N–H and O–H groups in total. The van der Waals surface area contributed by atoms with Gasteiger partial charge in [0, 0.05) is 31.7 Å². The van der Waals surface area contributed by atoms with Gasteiger partial charge in [0.05, 0.1) is 5.60 Å². The first-order chi connectivity index (χ1) is 6.14. The number of pyridine rings is 1. The van der Waals surface area contributed by atoms with E-state index in [9.17, 15) is 0 Å². The second kappa shape index (κ2) is 4.23. The zero-order valence-corrected chi connectivity index (χ0v) is 8.37. The first kappa shape index (κ1) is 9.99. The Hall–Kier alpha value is -1.09. The van der Waals surface area contributed by atoms with Crippen LogP contribution in [0.15, 0.2) is 24.5 Å². The number of hydrogen-bond donors (Lipinski definition) is 1. The molecule has 3 nitrogen and oxygen atoms in total. The lowest BCUT2D eigenvalue weighted by atomic mass is 10.1. The molecule has 0 aliphatic heterocycles. The molecule has 0 amide bonds. The SMILES string of the molecule is COC(C)(C)CNc1ccncc1. The maximum absolute atomic E-state index is 5.28. The summed E-state index contributed by atoms with van der Waals surface area (Å²) in [5.74, 6) is 0. The van der Waals surface area contributed by atoms with Gasteiger partial charge in [-0.2, -0.15) is 0 Å². The van der Waals surface area contributed by atoms with Gasteiger partial charge in [-0.3, -0.25) is 4.98 Å². The number of ether oxygens (including phenoxy) is 1. The van der Waals surface area contributed by atoms with E-state index >= 15 is 0 Å². The minimum atomic E-state index is -0.136. The molecule has 0 saturated heterocycles. The molecule has 0 spiro atoms. The van der Waals surface area contributed by atoms with Crippen molar-refractivity contribution in [3.63, 3.8) is 0 Å². The molecule has 0 bridgehead atoms. The Morgan fingerprint density at radius 2 is 2.00 bits per heavy atom. The standard InChI is InChI=1S/C10H16N2O/c1-10(2,13-3)8-12-9-4-6-11-7-5-9/h4-7H,8H2,1-3H3,(H,11,12). The summed E-state index contributed by atoms with van der Waals surface area (Å²) in [5, 5.41) is 3.27. The van der Waals surface area contributed by atoms with E-state index in [0.29, 0.717) is 0 Å². The van der Waals surface area contributed by atoms with Crippen LogP contribution in [0.25, 0.3) is 0 Å². The molecule has 0 aliphatic rings. The third kappa shape index (κ3) is 3.42. The van der Waals surface area contributed by atoms with Crippen LogP contribution in [0.2, 0.25) is 0 Å². The Bertz CT molecular complexity index is 246. The minimum absolute atomic E-state index is 0.136. The van der Waals surface area contributed by atoms with Crippen LogP contribution in [-0.4, -0.2) is 24.2 Å². The van der Waals surface area contributed by atoms with Gasteiger partial charge in [0.15, 0.2) is 0 Å². The maximum Gasteiger partial charge on any atom is 0.0794 e. The summed E-state index contributed by atoms with van der Waals surface area (Å²) >= 11 is 0. The average molecular weight is 180 g/mol. The van der Waals surface area contributed by atoms with Gasteiger partial charge in [-0.05, 0) is 26.0 Å². The van der Waals surface area contributed by atoms with Gasteiger partial charge in [0.1, 0.15) is 0 Å². The highest BCUT2D eigenvalue weighted by atomic mass is 16.5. The summed E-state index contributed by atoms with van der Waals surface area (Å²) < 4.78 is 5.28. The largest absolute Gasteiger partial charge is 0.382 e. The van der Waals surface area contributed by atoms with Crippen molar-refractivity contribution in [3.8, 4) is 0 Å². The van der Waals surface area contributed by atoms with Crippen molar-refractivity contribution in [2.75, 3.05) is 19.0 Å². The molecule has 0 aromatic carbocycles. The van der Waals surface area contributed by atoms with Gasteiger partial charge in [-0.25, -0.2) is 0 Å². The van der Waals surface area contributed by atoms with Gasteiger partial charge in [-0.15, -0.1) is 0 Å². The van der Waals surface area contributed by atoms with E-state index in [1.807, 2.05) is 26.0 Å². The Labute approximate surface area is 79.1 Å². The van der Waals surface area contributed by atoms with E-state index in [-0.39, 0.29) is 5.60 Å². The van der Waals surface area contributed by atoms with Crippen molar-refractivity contribution < 1.29 is 4.74 Å². The van der Waals surface area contributed by atoms with Gasteiger partial charge < -0.3 is 10.1 Å². The van der Waals surface area contributed by atoms with Gasteiger partial charge in [0.25, 0.3) is 0 Å². The molecule has 1 aromatic rings. The lowest BCUT2D eigenvalue weighted by Gasteiger charge is -2.23. The van der Waals surface area contributed by atoms with Gasteiger partial charge in [0.2, 0.25) is 0 Å². The monoisotopic (exact) mass is 180 g/mol. The zero-order valence-electron chi connectivity index (χ0n) is 8.37. The lowest BCUT2D eigenvalue weighted by Crippen LogP contribution is -2.31. The second-order valence-electron chi connectivity index (χ2n) is 3.55. The predicted molar refractivity (Wildman–Crippen MR) is 53.8 cm³/mol. The van der Waals surface area contributed by atoms with Crippen LogP contribution in [0.1, 0.15) is 13.8 Å². The van der Waals surface area contributed by atoms with E-state index in [2.05, 4.69) is 10.3 Å². The first-order valence-electron chi connectivity index (χ1n) is 4.33. The van der Waals surface area contributed by atoms with Crippen molar-refractivity contribution >= 4 is 5.69 Å². The third-order valence-electron chi connectivity index (χ3n) is 1.95. The van der Waals surface area contributed by atoms with Crippen LogP contribution in [0.3, 0.4) is 0 Å². The van der Waals surface area contributed by atoms with Crippen LogP contribution in [0.5, 0.6) is 0 Å². The van der Waals surface area contributed by atoms with Crippen LogP contribution >= 0.6 is 0 Å².